The highest BCUT2D eigenvalue weighted by Gasteiger charge is 2.24. The van der Waals surface area contributed by atoms with Crippen molar-refractivity contribution in [1.82, 2.24) is 15.0 Å². The molecule has 1 aromatic rings. The summed E-state index contributed by atoms with van der Waals surface area (Å²) >= 11 is 0. The van der Waals surface area contributed by atoms with Crippen LogP contribution >= 0.6 is 0 Å². The molecule has 0 atom stereocenters. The zero-order chi connectivity index (χ0) is 11.4. The first kappa shape index (κ1) is 11.5. The Morgan fingerprint density at radius 2 is 2.19 bits per heavy atom. The van der Waals surface area contributed by atoms with Crippen LogP contribution in [0.2, 0.25) is 0 Å². The monoisotopic (exact) mass is 225 g/mol. The number of aliphatic hydroxyl groups excluding tert-OH is 1. The molecule has 0 aromatic carbocycles. The van der Waals surface area contributed by atoms with Crippen molar-refractivity contribution in [3.8, 4) is 0 Å². The summed E-state index contributed by atoms with van der Waals surface area (Å²) in [6, 6.07) is 0. The van der Waals surface area contributed by atoms with E-state index in [0.717, 1.165) is 50.4 Å². The minimum Gasteiger partial charge on any atom is -0.390 e. The van der Waals surface area contributed by atoms with Gasteiger partial charge in [-0.2, -0.15) is 0 Å². The zero-order valence-electron chi connectivity index (χ0n) is 9.72. The van der Waals surface area contributed by atoms with Gasteiger partial charge < -0.3 is 9.84 Å². The van der Waals surface area contributed by atoms with E-state index in [1.807, 2.05) is 4.68 Å². The van der Waals surface area contributed by atoms with Crippen LogP contribution in [0, 0.1) is 0 Å². The number of aliphatic hydroxyl groups is 1. The van der Waals surface area contributed by atoms with E-state index >= 15 is 0 Å². The van der Waals surface area contributed by atoms with Crippen LogP contribution in [0.1, 0.15) is 43.5 Å². The molecular weight excluding hydrogens is 206 g/mol. The van der Waals surface area contributed by atoms with Crippen molar-refractivity contribution in [1.29, 1.82) is 0 Å². The molecule has 1 aliphatic rings. The first-order valence-corrected chi connectivity index (χ1v) is 5.97. The molecular formula is C11H19N3O2. The molecule has 2 heterocycles. The third-order valence-electron chi connectivity index (χ3n) is 3.04. The van der Waals surface area contributed by atoms with Gasteiger partial charge in [-0.1, -0.05) is 12.1 Å². The molecule has 16 heavy (non-hydrogen) atoms. The lowest BCUT2D eigenvalue weighted by molar-refractivity contribution is 0.0829. The molecule has 5 heteroatoms. The quantitative estimate of drug-likeness (QED) is 0.832. The predicted octanol–water partition coefficient (Wildman–Crippen LogP) is 1.07. The van der Waals surface area contributed by atoms with Crippen molar-refractivity contribution in [2.45, 2.75) is 45.3 Å². The minimum absolute atomic E-state index is 0.0175. The van der Waals surface area contributed by atoms with E-state index in [-0.39, 0.29) is 6.61 Å². The van der Waals surface area contributed by atoms with E-state index < -0.39 is 0 Å². The fourth-order valence-electron chi connectivity index (χ4n) is 2.26. The highest BCUT2D eigenvalue weighted by atomic mass is 16.5. The van der Waals surface area contributed by atoms with Crippen LogP contribution in [0.15, 0.2) is 0 Å². The molecule has 2 rings (SSSR count). The van der Waals surface area contributed by atoms with E-state index in [2.05, 4.69) is 17.2 Å². The Kier molecular flexibility index (Phi) is 3.90. The van der Waals surface area contributed by atoms with Crippen molar-refractivity contribution in [3.05, 3.63) is 11.4 Å². The van der Waals surface area contributed by atoms with Gasteiger partial charge in [-0.25, -0.2) is 4.68 Å². The molecule has 1 fully saturated rings. The fraction of sp³-hybridized carbons (Fsp3) is 0.818. The Balaban J connectivity index is 2.23. The second-order valence-corrected chi connectivity index (χ2v) is 4.19. The third-order valence-corrected chi connectivity index (χ3v) is 3.04. The average molecular weight is 225 g/mol. The number of aryl methyl sites for hydroxylation is 1. The molecule has 1 saturated heterocycles. The van der Waals surface area contributed by atoms with Crippen LogP contribution in [-0.4, -0.2) is 33.3 Å². The highest BCUT2D eigenvalue weighted by molar-refractivity contribution is 5.15. The normalized spacial score (nSPS) is 17.9. The topological polar surface area (TPSA) is 60.2 Å². The van der Waals surface area contributed by atoms with Crippen LogP contribution < -0.4 is 0 Å². The highest BCUT2D eigenvalue weighted by Crippen LogP contribution is 2.28. The summed E-state index contributed by atoms with van der Waals surface area (Å²) in [5.41, 5.74) is 1.85. The minimum atomic E-state index is -0.0175. The van der Waals surface area contributed by atoms with Crippen LogP contribution in [-0.2, 0) is 17.9 Å². The van der Waals surface area contributed by atoms with Crippen LogP contribution in [0.25, 0.3) is 0 Å². The van der Waals surface area contributed by atoms with Gasteiger partial charge in [0.15, 0.2) is 0 Å². The van der Waals surface area contributed by atoms with Gasteiger partial charge in [0.2, 0.25) is 0 Å². The predicted molar refractivity (Wildman–Crippen MR) is 59.0 cm³/mol. The van der Waals surface area contributed by atoms with E-state index in [1.165, 1.54) is 0 Å². The Labute approximate surface area is 95.4 Å². The van der Waals surface area contributed by atoms with Gasteiger partial charge in [-0.05, 0) is 19.3 Å². The van der Waals surface area contributed by atoms with E-state index in [4.69, 9.17) is 4.74 Å². The van der Waals surface area contributed by atoms with Gasteiger partial charge >= 0.3 is 0 Å². The number of hydrogen-bond donors (Lipinski definition) is 1. The molecule has 1 N–H and O–H groups in total. The summed E-state index contributed by atoms with van der Waals surface area (Å²) in [5, 5.41) is 17.5. The molecule has 0 aliphatic carbocycles. The molecule has 0 bridgehead atoms. The van der Waals surface area contributed by atoms with Gasteiger partial charge in [0.05, 0.1) is 12.3 Å². The summed E-state index contributed by atoms with van der Waals surface area (Å²) in [5.74, 6) is 0.442. The fourth-order valence-corrected chi connectivity index (χ4v) is 2.26. The largest absolute Gasteiger partial charge is 0.390 e. The van der Waals surface area contributed by atoms with Gasteiger partial charge in [0.25, 0.3) is 0 Å². The average Bonchev–Trinajstić information content (AvgIpc) is 2.74. The van der Waals surface area contributed by atoms with Gasteiger partial charge in [-0.3, -0.25) is 0 Å². The molecule has 1 aromatic heterocycles. The summed E-state index contributed by atoms with van der Waals surface area (Å²) in [6.07, 6.45) is 3.04. The van der Waals surface area contributed by atoms with Crippen LogP contribution in [0.3, 0.4) is 0 Å². The van der Waals surface area contributed by atoms with Crippen molar-refractivity contribution in [3.63, 3.8) is 0 Å². The summed E-state index contributed by atoms with van der Waals surface area (Å²) in [6.45, 7) is 4.57. The lowest BCUT2D eigenvalue weighted by Gasteiger charge is -2.23. The molecule has 0 unspecified atom stereocenters. The standard InChI is InChI=1S/C11H19N3O2/c1-2-5-14-11(10(8-15)12-13-14)9-3-6-16-7-4-9/h9,15H,2-8H2,1H3. The maximum atomic E-state index is 9.28. The third kappa shape index (κ3) is 2.25. The maximum absolute atomic E-state index is 9.28. The van der Waals surface area contributed by atoms with Crippen LogP contribution in [0.5, 0.6) is 0 Å². The lowest BCUT2D eigenvalue weighted by atomic mass is 9.95. The SMILES string of the molecule is CCCn1nnc(CO)c1C1CCOCC1. The molecule has 0 spiro atoms. The molecule has 0 amide bonds. The summed E-state index contributed by atoms with van der Waals surface area (Å²) in [7, 11) is 0. The number of hydrogen-bond acceptors (Lipinski definition) is 4. The van der Waals surface area contributed by atoms with Crippen LogP contribution in [0.4, 0.5) is 0 Å². The zero-order valence-corrected chi connectivity index (χ0v) is 9.72. The van der Waals surface area contributed by atoms with Crippen molar-refractivity contribution in [2.75, 3.05) is 13.2 Å². The second-order valence-electron chi connectivity index (χ2n) is 4.19. The second kappa shape index (κ2) is 5.41. The lowest BCUT2D eigenvalue weighted by Crippen LogP contribution is -2.19. The summed E-state index contributed by atoms with van der Waals surface area (Å²) < 4.78 is 7.30. The van der Waals surface area contributed by atoms with Crippen molar-refractivity contribution >= 4 is 0 Å². The van der Waals surface area contributed by atoms with Gasteiger partial charge in [0, 0.05) is 25.7 Å². The van der Waals surface area contributed by atoms with Gasteiger partial charge in [0.1, 0.15) is 5.69 Å². The molecule has 1 aliphatic heterocycles. The molecule has 0 saturated carbocycles. The molecule has 0 radical (unpaired) electrons. The van der Waals surface area contributed by atoms with Crippen molar-refractivity contribution < 1.29 is 9.84 Å². The van der Waals surface area contributed by atoms with E-state index in [1.54, 1.807) is 0 Å². The molecule has 5 nitrogen and oxygen atoms in total. The number of rotatable bonds is 4. The van der Waals surface area contributed by atoms with E-state index in [0.29, 0.717) is 5.92 Å². The Bertz CT molecular complexity index is 332. The summed E-state index contributed by atoms with van der Waals surface area (Å²) in [4.78, 5) is 0. The first-order valence-electron chi connectivity index (χ1n) is 5.97. The maximum Gasteiger partial charge on any atom is 0.112 e. The van der Waals surface area contributed by atoms with Gasteiger partial charge in [-0.15, -0.1) is 5.10 Å². The molecule has 90 valence electrons. The number of nitrogens with zero attached hydrogens (tertiary/aromatic N) is 3. The van der Waals surface area contributed by atoms with Crippen molar-refractivity contribution in [2.24, 2.45) is 0 Å². The first-order chi connectivity index (χ1) is 7.86. The number of ether oxygens (including phenoxy) is 1. The Hall–Kier alpha value is -0.940. The number of aromatic nitrogens is 3. The Morgan fingerprint density at radius 3 is 2.81 bits per heavy atom. The smallest absolute Gasteiger partial charge is 0.112 e. The Morgan fingerprint density at radius 1 is 1.44 bits per heavy atom. The van der Waals surface area contributed by atoms with E-state index in [9.17, 15) is 5.11 Å².